The van der Waals surface area contributed by atoms with Crippen molar-refractivity contribution in [1.29, 1.82) is 0 Å². The van der Waals surface area contributed by atoms with E-state index in [1.165, 1.54) is 12.1 Å². The van der Waals surface area contributed by atoms with Crippen molar-refractivity contribution in [3.63, 3.8) is 0 Å². The summed E-state index contributed by atoms with van der Waals surface area (Å²) in [7, 11) is 0. The molecule has 1 aromatic rings. The zero-order valence-electron chi connectivity index (χ0n) is 12.1. The summed E-state index contributed by atoms with van der Waals surface area (Å²) in [4.78, 5) is 12.4. The monoisotopic (exact) mass is 416 g/mol. The number of ether oxygens (including phenoxy) is 1. The molecule has 0 unspecified atom stereocenters. The number of carbonyl (C=O) groups excluding carboxylic acids is 1. The fourth-order valence-electron chi connectivity index (χ4n) is 2.37. The number of hydrogen-bond donors (Lipinski definition) is 2. The fraction of sp³-hybridized carbons (Fsp3) is 0.500. The first-order valence-electron chi connectivity index (χ1n) is 6.74. The van der Waals surface area contributed by atoms with Crippen LogP contribution in [-0.4, -0.2) is 25.7 Å². The average molecular weight is 418 g/mol. The number of alkyl halides is 3. The van der Waals surface area contributed by atoms with Gasteiger partial charge in [0.2, 0.25) is 5.91 Å². The Labute approximate surface area is 146 Å². The summed E-state index contributed by atoms with van der Waals surface area (Å²) in [5, 5.41) is 2.55. The van der Waals surface area contributed by atoms with E-state index in [9.17, 15) is 18.0 Å². The van der Waals surface area contributed by atoms with Gasteiger partial charge >= 0.3 is 6.18 Å². The Kier molecular flexibility index (Phi) is 6.88. The molecule has 0 atom stereocenters. The molecule has 1 amide bonds. The number of rotatable bonds is 3. The van der Waals surface area contributed by atoms with Crippen LogP contribution in [0.1, 0.15) is 18.4 Å². The van der Waals surface area contributed by atoms with E-state index < -0.39 is 17.2 Å². The van der Waals surface area contributed by atoms with E-state index in [1.807, 2.05) is 0 Å². The molecule has 1 aliphatic rings. The van der Waals surface area contributed by atoms with E-state index in [1.54, 1.807) is 0 Å². The number of amides is 1. The summed E-state index contributed by atoms with van der Waals surface area (Å²) in [5.41, 5.74) is 4.19. The van der Waals surface area contributed by atoms with Crippen molar-refractivity contribution in [2.45, 2.75) is 19.0 Å². The van der Waals surface area contributed by atoms with Gasteiger partial charge in [-0.2, -0.15) is 13.2 Å². The first-order valence-corrected chi connectivity index (χ1v) is 7.54. The van der Waals surface area contributed by atoms with Crippen LogP contribution < -0.4 is 11.1 Å². The molecular weight excluding hydrogens is 401 g/mol. The summed E-state index contributed by atoms with van der Waals surface area (Å²) < 4.78 is 43.8. The molecule has 1 saturated heterocycles. The Morgan fingerprint density at radius 3 is 2.48 bits per heavy atom. The van der Waals surface area contributed by atoms with E-state index in [-0.39, 0.29) is 35.0 Å². The molecule has 130 valence electrons. The first-order chi connectivity index (χ1) is 10.3. The molecular formula is C14H17BrClF3N2O2. The quantitative estimate of drug-likeness (QED) is 0.790. The molecule has 1 fully saturated rings. The fourth-order valence-corrected chi connectivity index (χ4v) is 2.84. The van der Waals surface area contributed by atoms with Crippen LogP contribution in [0.25, 0.3) is 0 Å². The van der Waals surface area contributed by atoms with Gasteiger partial charge in [0.05, 0.1) is 11.0 Å². The number of nitrogens with one attached hydrogen (secondary N) is 1. The maximum Gasteiger partial charge on any atom is 0.417 e. The van der Waals surface area contributed by atoms with Crippen molar-refractivity contribution in [1.82, 2.24) is 0 Å². The van der Waals surface area contributed by atoms with Gasteiger partial charge in [-0.15, -0.1) is 12.4 Å². The lowest BCUT2D eigenvalue weighted by Gasteiger charge is -2.34. The molecule has 9 heteroatoms. The highest BCUT2D eigenvalue weighted by molar-refractivity contribution is 9.10. The minimum absolute atomic E-state index is 0. The second-order valence-electron chi connectivity index (χ2n) is 5.24. The maximum absolute atomic E-state index is 12.9. The van der Waals surface area contributed by atoms with Gasteiger partial charge in [-0.25, -0.2) is 0 Å². The zero-order valence-corrected chi connectivity index (χ0v) is 14.5. The molecule has 23 heavy (non-hydrogen) atoms. The van der Waals surface area contributed by atoms with Crippen LogP contribution in [0.4, 0.5) is 18.9 Å². The summed E-state index contributed by atoms with van der Waals surface area (Å²) in [6.07, 6.45) is -3.58. The van der Waals surface area contributed by atoms with Crippen LogP contribution in [0.3, 0.4) is 0 Å². The predicted molar refractivity (Wildman–Crippen MR) is 86.6 cm³/mol. The summed E-state index contributed by atoms with van der Waals surface area (Å²) >= 11 is 2.86. The van der Waals surface area contributed by atoms with E-state index >= 15 is 0 Å². The third-order valence-corrected chi connectivity index (χ3v) is 4.54. The molecule has 2 rings (SSSR count). The minimum atomic E-state index is -4.50. The molecule has 3 N–H and O–H groups in total. The van der Waals surface area contributed by atoms with E-state index in [4.69, 9.17) is 10.5 Å². The molecule has 1 aromatic carbocycles. The molecule has 0 aliphatic carbocycles. The minimum Gasteiger partial charge on any atom is -0.381 e. The SMILES string of the molecule is Cl.NCC1(C(=O)Nc2ccc(Br)c(C(F)(F)F)c2)CCOCC1. The van der Waals surface area contributed by atoms with Crippen molar-refractivity contribution in [3.8, 4) is 0 Å². The van der Waals surface area contributed by atoms with Crippen molar-refractivity contribution in [3.05, 3.63) is 28.2 Å². The second kappa shape index (κ2) is 7.83. The normalized spacial score (nSPS) is 17.3. The number of carbonyl (C=O) groups is 1. The van der Waals surface area contributed by atoms with Gasteiger partial charge in [-0.1, -0.05) is 15.9 Å². The molecule has 0 saturated carbocycles. The zero-order chi connectivity index (χ0) is 16.4. The largest absolute Gasteiger partial charge is 0.417 e. The van der Waals surface area contributed by atoms with Crippen LogP contribution in [0.15, 0.2) is 22.7 Å². The maximum atomic E-state index is 12.9. The van der Waals surface area contributed by atoms with Gasteiger partial charge < -0.3 is 15.8 Å². The lowest BCUT2D eigenvalue weighted by Crippen LogP contribution is -2.46. The molecule has 0 spiro atoms. The topological polar surface area (TPSA) is 64.4 Å². The Balaban J connectivity index is 0.00000264. The number of hydrogen-bond acceptors (Lipinski definition) is 3. The van der Waals surface area contributed by atoms with Crippen molar-refractivity contribution >= 4 is 39.9 Å². The smallest absolute Gasteiger partial charge is 0.381 e. The van der Waals surface area contributed by atoms with Crippen molar-refractivity contribution in [2.75, 3.05) is 25.1 Å². The molecule has 4 nitrogen and oxygen atoms in total. The highest BCUT2D eigenvalue weighted by Crippen LogP contribution is 2.37. The number of nitrogens with two attached hydrogens (primary N) is 1. The first kappa shape index (κ1) is 20.2. The summed E-state index contributed by atoms with van der Waals surface area (Å²) in [5.74, 6) is -0.367. The lowest BCUT2D eigenvalue weighted by atomic mass is 9.79. The Bertz CT molecular complexity index is 563. The standard InChI is InChI=1S/C14H16BrF3N2O2.ClH/c15-11-2-1-9(7-10(11)14(16,17)18)20-12(21)13(8-19)3-5-22-6-4-13;/h1-2,7H,3-6,8,19H2,(H,20,21);1H. The highest BCUT2D eigenvalue weighted by Gasteiger charge is 2.39. The van der Waals surface area contributed by atoms with Crippen LogP contribution in [0.5, 0.6) is 0 Å². The molecule has 1 aliphatic heterocycles. The van der Waals surface area contributed by atoms with Gasteiger partial charge in [-0.3, -0.25) is 4.79 Å². The third kappa shape index (κ3) is 4.59. The van der Waals surface area contributed by atoms with E-state index in [0.717, 1.165) is 6.07 Å². The highest BCUT2D eigenvalue weighted by atomic mass is 79.9. The molecule has 0 radical (unpaired) electrons. The number of benzene rings is 1. The van der Waals surface area contributed by atoms with Crippen LogP contribution >= 0.6 is 28.3 Å². The van der Waals surface area contributed by atoms with Crippen LogP contribution in [0, 0.1) is 5.41 Å². The van der Waals surface area contributed by atoms with Crippen molar-refractivity contribution < 1.29 is 22.7 Å². The Morgan fingerprint density at radius 1 is 1.35 bits per heavy atom. The van der Waals surface area contributed by atoms with Gasteiger partial charge in [0, 0.05) is 29.9 Å². The van der Waals surface area contributed by atoms with Crippen LogP contribution in [0.2, 0.25) is 0 Å². The summed E-state index contributed by atoms with van der Waals surface area (Å²) in [6.45, 7) is 0.961. The number of halogens is 5. The molecule has 1 heterocycles. The van der Waals surface area contributed by atoms with Crippen LogP contribution in [-0.2, 0) is 15.7 Å². The van der Waals surface area contributed by atoms with Crippen molar-refractivity contribution in [2.24, 2.45) is 11.1 Å². The molecule has 0 bridgehead atoms. The van der Waals surface area contributed by atoms with Gasteiger partial charge in [-0.05, 0) is 31.0 Å². The van der Waals surface area contributed by atoms with Gasteiger partial charge in [0.15, 0.2) is 0 Å². The Hall–Kier alpha value is -0.830. The van der Waals surface area contributed by atoms with Gasteiger partial charge in [0.25, 0.3) is 0 Å². The Morgan fingerprint density at radius 2 is 1.96 bits per heavy atom. The van der Waals surface area contributed by atoms with E-state index in [0.29, 0.717) is 26.1 Å². The third-order valence-electron chi connectivity index (χ3n) is 3.85. The molecule has 0 aromatic heterocycles. The predicted octanol–water partition coefficient (Wildman–Crippen LogP) is 3.58. The van der Waals surface area contributed by atoms with Gasteiger partial charge in [0.1, 0.15) is 0 Å². The second-order valence-corrected chi connectivity index (χ2v) is 6.10. The van der Waals surface area contributed by atoms with E-state index in [2.05, 4.69) is 21.2 Å². The number of anilines is 1. The summed E-state index contributed by atoms with van der Waals surface area (Å²) in [6, 6.07) is 3.59. The average Bonchev–Trinajstić information content (AvgIpc) is 2.48. The lowest BCUT2D eigenvalue weighted by molar-refractivity contribution is -0.138.